The van der Waals surface area contributed by atoms with Gasteiger partial charge in [-0.3, -0.25) is 19.7 Å². The Balaban J connectivity index is 2.16. The molecule has 0 unspecified atom stereocenters. The first-order chi connectivity index (χ1) is 11.3. The summed E-state index contributed by atoms with van der Waals surface area (Å²) in [6, 6.07) is 4.12. The van der Waals surface area contributed by atoms with E-state index in [4.69, 9.17) is 9.47 Å². The number of hydrogen-bond acceptors (Lipinski definition) is 6. The smallest absolute Gasteiger partial charge is 0.270 e. The van der Waals surface area contributed by atoms with E-state index in [-0.39, 0.29) is 22.8 Å². The van der Waals surface area contributed by atoms with E-state index in [0.29, 0.717) is 36.2 Å². The molecule has 0 fully saturated rings. The zero-order valence-electron chi connectivity index (χ0n) is 13.2. The number of hydrogen-bond donors (Lipinski definition) is 0. The number of ketones is 1. The number of fused-ring (bicyclic) bond motifs is 1. The molecule has 0 amide bonds. The topological polar surface area (TPSA) is 95.7 Å². The summed E-state index contributed by atoms with van der Waals surface area (Å²) in [4.78, 5) is 33.5. The second-order valence-corrected chi connectivity index (χ2v) is 6.09. The number of rotatable bonds is 4. The van der Waals surface area contributed by atoms with E-state index in [1.807, 2.05) is 0 Å². The second-order valence-electron chi connectivity index (χ2n) is 6.09. The molecular weight excluding hydrogens is 314 g/mol. The number of benzene rings is 1. The Morgan fingerprint density at radius 2 is 2.08 bits per heavy atom. The molecule has 0 saturated heterocycles. The average Bonchev–Trinajstić information content (AvgIpc) is 2.91. The monoisotopic (exact) mass is 329 g/mol. The normalized spacial score (nSPS) is 18.6. The van der Waals surface area contributed by atoms with Crippen LogP contribution in [0.25, 0.3) is 5.76 Å². The van der Waals surface area contributed by atoms with Crippen molar-refractivity contribution in [1.82, 2.24) is 0 Å². The van der Waals surface area contributed by atoms with Gasteiger partial charge in [-0.2, -0.15) is 0 Å². The quantitative estimate of drug-likeness (QED) is 0.479. The van der Waals surface area contributed by atoms with E-state index < -0.39 is 10.5 Å². The summed E-state index contributed by atoms with van der Waals surface area (Å²) < 4.78 is 11.6. The van der Waals surface area contributed by atoms with Crippen LogP contribution in [0.1, 0.15) is 32.3 Å². The van der Waals surface area contributed by atoms with Crippen LogP contribution < -0.4 is 4.74 Å². The second kappa shape index (κ2) is 5.59. The Hall–Kier alpha value is -2.96. The minimum atomic E-state index is -0.955. The van der Waals surface area contributed by atoms with Crippen molar-refractivity contribution in [3.63, 3.8) is 0 Å². The number of nitrogens with zero attached hydrogens (tertiary/aromatic N) is 1. The zero-order valence-corrected chi connectivity index (χ0v) is 13.2. The number of allylic oxidation sites excluding steroid dienone is 2. The summed E-state index contributed by atoms with van der Waals surface area (Å²) in [6.45, 7) is 3.41. The molecule has 1 aliphatic carbocycles. The van der Waals surface area contributed by atoms with Crippen LogP contribution in [0.2, 0.25) is 0 Å². The third-order valence-corrected chi connectivity index (χ3v) is 3.97. The van der Waals surface area contributed by atoms with Crippen LogP contribution in [0, 0.1) is 10.1 Å². The SMILES string of the molecule is CC1(C)Oc2ccc([N+](=O)[O-])cc2C(OC2=CC(=O)CC2)=C1C=O. The molecule has 0 N–H and O–H groups in total. The van der Waals surface area contributed by atoms with Crippen molar-refractivity contribution in [3.8, 4) is 5.75 Å². The molecule has 0 bridgehead atoms. The number of carbonyl (C=O) groups excluding carboxylic acids is 2. The van der Waals surface area contributed by atoms with Crippen LogP contribution in [0.3, 0.4) is 0 Å². The van der Waals surface area contributed by atoms with Crippen molar-refractivity contribution >= 4 is 23.5 Å². The molecular formula is C17H15NO6. The lowest BCUT2D eigenvalue weighted by molar-refractivity contribution is -0.384. The highest BCUT2D eigenvalue weighted by atomic mass is 16.6. The van der Waals surface area contributed by atoms with Gasteiger partial charge in [0.1, 0.15) is 22.9 Å². The molecule has 24 heavy (non-hydrogen) atoms. The Kier molecular flexibility index (Phi) is 3.71. The van der Waals surface area contributed by atoms with E-state index >= 15 is 0 Å². The van der Waals surface area contributed by atoms with Crippen molar-refractivity contribution in [3.05, 3.63) is 51.3 Å². The Morgan fingerprint density at radius 1 is 1.33 bits per heavy atom. The minimum absolute atomic E-state index is 0.0520. The van der Waals surface area contributed by atoms with E-state index in [0.717, 1.165) is 0 Å². The van der Waals surface area contributed by atoms with Gasteiger partial charge in [0.15, 0.2) is 12.1 Å². The number of aldehydes is 1. The summed E-state index contributed by atoms with van der Waals surface area (Å²) in [5, 5.41) is 11.0. The minimum Gasteiger partial charge on any atom is -0.482 e. The maximum atomic E-state index is 11.6. The van der Waals surface area contributed by atoms with Gasteiger partial charge in [-0.25, -0.2) is 0 Å². The van der Waals surface area contributed by atoms with Gasteiger partial charge >= 0.3 is 0 Å². The van der Waals surface area contributed by atoms with Gasteiger partial charge in [0.2, 0.25) is 0 Å². The van der Waals surface area contributed by atoms with Gasteiger partial charge in [-0.1, -0.05) is 0 Å². The molecule has 0 saturated carbocycles. The molecule has 1 aromatic rings. The maximum Gasteiger partial charge on any atom is 0.270 e. The fourth-order valence-electron chi connectivity index (χ4n) is 2.73. The Labute approximate surface area is 137 Å². The van der Waals surface area contributed by atoms with E-state index in [1.54, 1.807) is 13.8 Å². The van der Waals surface area contributed by atoms with Crippen molar-refractivity contribution in [2.45, 2.75) is 32.3 Å². The molecule has 0 atom stereocenters. The van der Waals surface area contributed by atoms with Crippen molar-refractivity contribution < 1.29 is 24.0 Å². The van der Waals surface area contributed by atoms with Gasteiger partial charge in [-0.15, -0.1) is 0 Å². The molecule has 2 aliphatic rings. The molecule has 7 nitrogen and oxygen atoms in total. The predicted molar refractivity (Wildman–Crippen MR) is 84.2 cm³/mol. The third-order valence-electron chi connectivity index (χ3n) is 3.97. The van der Waals surface area contributed by atoms with Gasteiger partial charge < -0.3 is 9.47 Å². The van der Waals surface area contributed by atoms with Gasteiger partial charge in [0.25, 0.3) is 5.69 Å². The lowest BCUT2D eigenvalue weighted by atomic mass is 9.91. The zero-order chi connectivity index (χ0) is 17.5. The highest BCUT2D eigenvalue weighted by Gasteiger charge is 2.37. The number of nitro benzene ring substituents is 1. The first-order valence-corrected chi connectivity index (χ1v) is 7.41. The van der Waals surface area contributed by atoms with E-state index in [2.05, 4.69) is 0 Å². The fraction of sp³-hybridized carbons (Fsp3) is 0.294. The summed E-state index contributed by atoms with van der Waals surface area (Å²) in [5.41, 5.74) is -0.537. The largest absolute Gasteiger partial charge is 0.482 e. The number of ether oxygens (including phenoxy) is 2. The standard InChI is InChI=1S/C17H15NO6/c1-17(2)14(9-19)16(23-12-5-4-11(20)8-12)13-7-10(18(21)22)3-6-15(13)24-17/h3,6-9H,4-5H2,1-2H3. The number of non-ortho nitro benzene ring substituents is 1. The van der Waals surface area contributed by atoms with E-state index in [1.165, 1.54) is 24.3 Å². The Bertz CT molecular complexity index is 818. The fourth-order valence-corrected chi connectivity index (χ4v) is 2.73. The molecule has 0 spiro atoms. The summed E-state index contributed by atoms with van der Waals surface area (Å²) in [5.74, 6) is 0.963. The molecule has 1 aliphatic heterocycles. The van der Waals surface area contributed by atoms with Crippen LogP contribution in [0.4, 0.5) is 5.69 Å². The van der Waals surface area contributed by atoms with Crippen LogP contribution in [-0.4, -0.2) is 22.6 Å². The molecule has 3 rings (SSSR count). The van der Waals surface area contributed by atoms with Crippen LogP contribution in [0.15, 0.2) is 35.6 Å². The first-order valence-electron chi connectivity index (χ1n) is 7.41. The first kappa shape index (κ1) is 15.9. The lowest BCUT2D eigenvalue weighted by Gasteiger charge is -2.34. The average molecular weight is 329 g/mol. The van der Waals surface area contributed by atoms with Crippen molar-refractivity contribution in [2.24, 2.45) is 0 Å². The van der Waals surface area contributed by atoms with Gasteiger partial charge in [0, 0.05) is 31.1 Å². The van der Waals surface area contributed by atoms with Crippen LogP contribution >= 0.6 is 0 Å². The highest BCUT2D eigenvalue weighted by Crippen LogP contribution is 2.43. The highest BCUT2D eigenvalue weighted by molar-refractivity contribution is 5.94. The molecule has 124 valence electrons. The predicted octanol–water partition coefficient (Wildman–Crippen LogP) is 2.94. The van der Waals surface area contributed by atoms with Crippen molar-refractivity contribution in [1.29, 1.82) is 0 Å². The molecule has 0 aromatic heterocycles. The van der Waals surface area contributed by atoms with Gasteiger partial charge in [-0.05, 0) is 19.9 Å². The molecule has 1 heterocycles. The van der Waals surface area contributed by atoms with Gasteiger partial charge in [0.05, 0.1) is 16.1 Å². The molecule has 7 heteroatoms. The van der Waals surface area contributed by atoms with Crippen LogP contribution in [0.5, 0.6) is 5.75 Å². The molecule has 1 aromatic carbocycles. The lowest BCUT2D eigenvalue weighted by Crippen LogP contribution is -2.35. The third kappa shape index (κ3) is 2.68. The summed E-state index contributed by atoms with van der Waals surface area (Å²) in [6.07, 6.45) is 2.78. The number of nitro groups is 1. The van der Waals surface area contributed by atoms with E-state index in [9.17, 15) is 19.7 Å². The molecule has 0 radical (unpaired) electrons. The number of carbonyl (C=O) groups is 2. The van der Waals surface area contributed by atoms with Crippen LogP contribution in [-0.2, 0) is 14.3 Å². The summed E-state index contributed by atoms with van der Waals surface area (Å²) >= 11 is 0. The van der Waals surface area contributed by atoms with Crippen molar-refractivity contribution in [2.75, 3.05) is 0 Å². The Morgan fingerprint density at radius 3 is 2.67 bits per heavy atom. The summed E-state index contributed by atoms with van der Waals surface area (Å²) in [7, 11) is 0. The maximum absolute atomic E-state index is 11.6.